The highest BCUT2D eigenvalue weighted by atomic mass is 32.1. The molecule has 9 nitrogen and oxygen atoms in total. The molecule has 2 amide bonds. The van der Waals surface area contributed by atoms with Crippen molar-refractivity contribution < 1.29 is 27.8 Å². The number of nitrogens with one attached hydrogen (secondary N) is 1. The van der Waals surface area contributed by atoms with E-state index in [1.165, 1.54) is 30.6 Å². The second kappa shape index (κ2) is 12.5. The molecular formula is C37H35F2N5O4S. The zero-order chi connectivity index (χ0) is 34.6. The number of thiophene rings is 1. The van der Waals surface area contributed by atoms with Crippen LogP contribution in [0, 0.1) is 11.6 Å². The summed E-state index contributed by atoms with van der Waals surface area (Å²) in [6, 6.07) is 11.5. The Labute approximate surface area is 286 Å². The van der Waals surface area contributed by atoms with E-state index in [4.69, 9.17) is 19.6 Å². The van der Waals surface area contributed by atoms with E-state index in [-0.39, 0.29) is 42.4 Å². The van der Waals surface area contributed by atoms with E-state index < -0.39 is 17.0 Å². The van der Waals surface area contributed by atoms with Crippen LogP contribution in [0.5, 0.6) is 5.75 Å². The van der Waals surface area contributed by atoms with Crippen LogP contribution < -0.4 is 10.1 Å². The number of carbonyl (C=O) groups is 2. The lowest BCUT2D eigenvalue weighted by Crippen LogP contribution is -2.44. The van der Waals surface area contributed by atoms with Crippen LogP contribution in [0.25, 0.3) is 43.9 Å². The van der Waals surface area contributed by atoms with Crippen molar-refractivity contribution in [1.82, 2.24) is 25.0 Å². The van der Waals surface area contributed by atoms with Crippen LogP contribution in [0.15, 0.2) is 60.5 Å². The van der Waals surface area contributed by atoms with Gasteiger partial charge in [0.05, 0.1) is 41.6 Å². The first-order chi connectivity index (χ1) is 23.5. The fourth-order valence-electron chi connectivity index (χ4n) is 6.86. The average molecular weight is 684 g/mol. The number of benzene rings is 2. The van der Waals surface area contributed by atoms with E-state index >= 15 is 4.39 Å². The molecule has 12 heteroatoms. The quantitative estimate of drug-likeness (QED) is 0.143. The van der Waals surface area contributed by atoms with Crippen LogP contribution in [0.3, 0.4) is 0 Å². The van der Waals surface area contributed by atoms with Crippen molar-refractivity contribution in [2.75, 3.05) is 26.9 Å². The Balaban J connectivity index is 1.49. The monoisotopic (exact) mass is 683 g/mol. The summed E-state index contributed by atoms with van der Waals surface area (Å²) in [5.41, 5.74) is 4.83. The number of fused-ring (bicyclic) bond motifs is 3. The van der Waals surface area contributed by atoms with Gasteiger partial charge in [0.25, 0.3) is 0 Å². The van der Waals surface area contributed by atoms with Gasteiger partial charge in [-0.3, -0.25) is 14.3 Å². The summed E-state index contributed by atoms with van der Waals surface area (Å²) in [5.74, 6) is -1.77. The number of methoxy groups -OCH3 is 1. The van der Waals surface area contributed by atoms with Crippen molar-refractivity contribution in [3.63, 3.8) is 0 Å². The third-order valence-corrected chi connectivity index (χ3v) is 10.4. The van der Waals surface area contributed by atoms with Crippen LogP contribution in [-0.2, 0) is 32.8 Å². The zero-order valence-corrected chi connectivity index (χ0v) is 28.4. The fraction of sp³-hybridized carbons (Fsp3) is 0.297. The van der Waals surface area contributed by atoms with Gasteiger partial charge in [-0.2, -0.15) is 5.10 Å². The molecule has 1 atom stereocenters. The van der Waals surface area contributed by atoms with Gasteiger partial charge in [-0.15, -0.1) is 11.3 Å². The number of aromatic nitrogens is 3. The summed E-state index contributed by atoms with van der Waals surface area (Å²) in [6.45, 7) is 11.0. The van der Waals surface area contributed by atoms with Crippen LogP contribution in [-0.4, -0.2) is 58.3 Å². The first-order valence-electron chi connectivity index (χ1n) is 16.0. The Bertz CT molecular complexity index is 2160. The Morgan fingerprint density at radius 3 is 2.71 bits per heavy atom. The van der Waals surface area contributed by atoms with Gasteiger partial charge < -0.3 is 19.7 Å². The Kier molecular flexibility index (Phi) is 8.32. The largest absolute Gasteiger partial charge is 0.490 e. The van der Waals surface area contributed by atoms with Crippen LogP contribution >= 0.6 is 11.3 Å². The van der Waals surface area contributed by atoms with Crippen LogP contribution in [0.2, 0.25) is 0 Å². The van der Waals surface area contributed by atoms with E-state index in [0.29, 0.717) is 42.3 Å². The molecule has 0 saturated heterocycles. The molecule has 2 aliphatic rings. The van der Waals surface area contributed by atoms with Crippen molar-refractivity contribution in [3.05, 3.63) is 89.0 Å². The smallest absolute Gasteiger partial charge is 0.246 e. The van der Waals surface area contributed by atoms with Gasteiger partial charge in [-0.1, -0.05) is 18.7 Å². The van der Waals surface area contributed by atoms with Gasteiger partial charge >= 0.3 is 0 Å². The molecule has 5 heterocycles. The number of halogens is 2. The molecule has 2 aromatic carbocycles. The highest BCUT2D eigenvalue weighted by Crippen LogP contribution is 2.48. The third-order valence-electron chi connectivity index (χ3n) is 9.44. The molecule has 49 heavy (non-hydrogen) atoms. The van der Waals surface area contributed by atoms with E-state index in [1.54, 1.807) is 4.90 Å². The normalized spacial score (nSPS) is 16.7. The minimum Gasteiger partial charge on any atom is -0.490 e. The van der Waals surface area contributed by atoms with Gasteiger partial charge in [-0.25, -0.2) is 13.8 Å². The van der Waals surface area contributed by atoms with Crippen molar-refractivity contribution in [2.45, 2.75) is 45.3 Å². The topological polar surface area (TPSA) is 98.6 Å². The summed E-state index contributed by atoms with van der Waals surface area (Å²) >= 11 is 1.41. The number of rotatable bonds is 8. The van der Waals surface area contributed by atoms with Crippen molar-refractivity contribution in [1.29, 1.82) is 0 Å². The van der Waals surface area contributed by atoms with E-state index in [1.807, 2.05) is 61.2 Å². The van der Waals surface area contributed by atoms with Crippen LogP contribution in [0.4, 0.5) is 8.78 Å². The Morgan fingerprint density at radius 1 is 1.12 bits per heavy atom. The predicted octanol–water partition coefficient (Wildman–Crippen LogP) is 6.79. The average Bonchev–Trinajstić information content (AvgIpc) is 3.75. The van der Waals surface area contributed by atoms with Crippen LogP contribution in [0.1, 0.15) is 43.6 Å². The maximum Gasteiger partial charge on any atom is 0.246 e. The first-order valence-corrected chi connectivity index (χ1v) is 16.9. The van der Waals surface area contributed by atoms with Gasteiger partial charge in [0.2, 0.25) is 11.8 Å². The second-order valence-electron chi connectivity index (χ2n) is 12.7. The van der Waals surface area contributed by atoms with Gasteiger partial charge in [0.15, 0.2) is 0 Å². The summed E-state index contributed by atoms with van der Waals surface area (Å²) in [4.78, 5) is 32.3. The van der Waals surface area contributed by atoms with Crippen molar-refractivity contribution >= 4 is 33.2 Å². The van der Waals surface area contributed by atoms with Crippen molar-refractivity contribution in [2.24, 2.45) is 0 Å². The summed E-state index contributed by atoms with van der Waals surface area (Å²) in [6.07, 6.45) is 1.30. The van der Waals surface area contributed by atoms with Crippen molar-refractivity contribution in [3.8, 4) is 39.5 Å². The lowest BCUT2D eigenvalue weighted by atomic mass is 9.78. The number of carbonyl (C=O) groups excluding carboxylic acids is 2. The standard InChI is InChI=1S/C37H35F2N5O4S/c1-6-30(45)43-10-11-44-28(20(43)2)18-27(42-44)34-32(31-26(39)16-23(38)17-29(31)48-13-12-47-5)35-24(9-14-49-35)33(41-34)21-7-8-25-22(15-21)19-40-36(46)37(25,3)4/h6-9,14-18,20H,1,10-13,19H2,2-5H3,(H,40,46). The number of ether oxygens (including phenoxy) is 2. The van der Waals surface area contributed by atoms with Gasteiger partial charge in [0, 0.05) is 53.5 Å². The number of amides is 2. The molecular weight excluding hydrogens is 649 g/mol. The zero-order valence-electron chi connectivity index (χ0n) is 27.6. The molecule has 7 rings (SSSR count). The summed E-state index contributed by atoms with van der Waals surface area (Å²) < 4.78 is 44.5. The molecule has 0 spiro atoms. The fourth-order valence-corrected chi connectivity index (χ4v) is 7.80. The minimum absolute atomic E-state index is 0.0203. The minimum atomic E-state index is -0.801. The number of nitrogens with zero attached hydrogens (tertiary/aromatic N) is 4. The molecule has 3 aromatic heterocycles. The van der Waals surface area contributed by atoms with Gasteiger partial charge in [0.1, 0.15) is 35.4 Å². The molecule has 0 saturated carbocycles. The molecule has 0 fully saturated rings. The highest BCUT2D eigenvalue weighted by molar-refractivity contribution is 7.18. The van der Waals surface area contributed by atoms with E-state index in [9.17, 15) is 14.0 Å². The maximum atomic E-state index is 16.1. The first kappa shape index (κ1) is 32.6. The molecule has 0 bridgehead atoms. The number of hydrogen-bond donors (Lipinski definition) is 1. The lowest BCUT2D eigenvalue weighted by Gasteiger charge is -2.33. The summed E-state index contributed by atoms with van der Waals surface area (Å²) in [7, 11) is 1.52. The molecule has 1 N–H and O–H groups in total. The molecule has 2 aliphatic heterocycles. The lowest BCUT2D eigenvalue weighted by molar-refractivity contribution is -0.129. The Hall–Kier alpha value is -4.94. The second-order valence-corrected chi connectivity index (χ2v) is 13.6. The molecule has 252 valence electrons. The SMILES string of the molecule is C=CC(=O)N1CCn2nc(-c3nc(-c4ccc5c(c4)CNC(=O)C5(C)C)c4ccsc4c3-c3c(F)cc(F)cc3OCCOC)cc2C1C. The molecule has 1 unspecified atom stereocenters. The summed E-state index contributed by atoms with van der Waals surface area (Å²) in [5, 5.41) is 10.6. The van der Waals surface area contributed by atoms with E-state index in [2.05, 4.69) is 11.9 Å². The molecule has 5 aromatic rings. The molecule has 0 aliphatic carbocycles. The predicted molar refractivity (Wildman–Crippen MR) is 184 cm³/mol. The highest BCUT2D eigenvalue weighted by Gasteiger charge is 2.36. The molecule has 0 radical (unpaired) electrons. The third kappa shape index (κ3) is 5.48. The maximum absolute atomic E-state index is 16.1. The van der Waals surface area contributed by atoms with E-state index in [0.717, 1.165) is 38.5 Å². The van der Waals surface area contributed by atoms with Gasteiger partial charge in [-0.05, 0) is 61.6 Å². The Morgan fingerprint density at radius 2 is 1.94 bits per heavy atom. The number of hydrogen-bond acceptors (Lipinski definition) is 7. The number of pyridine rings is 1.